The summed E-state index contributed by atoms with van der Waals surface area (Å²) < 4.78 is 52.1. The normalized spacial score (nSPS) is 10.7. The Balaban J connectivity index is 0.000000220. The predicted molar refractivity (Wildman–Crippen MR) is 229 cm³/mol. The Kier molecular flexibility index (Phi) is 17.7. The van der Waals surface area contributed by atoms with Crippen LogP contribution in [-0.2, 0) is 25.2 Å². The molecule has 2 aromatic heterocycles. The zero-order chi connectivity index (χ0) is 44.9. The van der Waals surface area contributed by atoms with Gasteiger partial charge in [-0.05, 0) is 67.9 Å². The van der Waals surface area contributed by atoms with Crippen molar-refractivity contribution in [2.75, 3.05) is 0 Å². The smallest absolute Gasteiger partial charge is 0.342 e. The number of rotatable bonds is 6. The molecule has 7 aromatic rings. The molecule has 25 heteroatoms. The van der Waals surface area contributed by atoms with Gasteiger partial charge in [0.15, 0.2) is 0 Å². The van der Waals surface area contributed by atoms with Crippen molar-refractivity contribution in [3.05, 3.63) is 172 Å². The monoisotopic (exact) mass is 961 g/mol. The van der Waals surface area contributed by atoms with Crippen molar-refractivity contribution in [2.24, 2.45) is 0 Å². The van der Waals surface area contributed by atoms with E-state index in [2.05, 4.69) is 25.6 Å². The maximum atomic E-state index is 12.9. The van der Waals surface area contributed by atoms with Gasteiger partial charge in [0.1, 0.15) is 16.5 Å². The number of non-ortho nitro benzene ring substituents is 3. The highest BCUT2D eigenvalue weighted by Gasteiger charge is 2.27. The average molecular weight is 964 g/mol. The molecule has 0 saturated heterocycles. The number of fused-ring (bicyclic) bond motifs is 2. The highest BCUT2D eigenvalue weighted by Crippen LogP contribution is 2.31. The van der Waals surface area contributed by atoms with Crippen LogP contribution in [0.3, 0.4) is 0 Å². The molecule has 0 amide bonds. The lowest BCUT2D eigenvalue weighted by molar-refractivity contribution is -0.385. The van der Waals surface area contributed by atoms with Crippen molar-refractivity contribution < 1.29 is 36.2 Å². The van der Waals surface area contributed by atoms with Crippen LogP contribution >= 0.6 is 57.1 Å². The largest absolute Gasteiger partial charge is 0.353 e. The van der Waals surface area contributed by atoms with Crippen LogP contribution < -0.4 is 0 Å². The highest BCUT2D eigenvalue weighted by molar-refractivity contribution is 8.09. The number of aromatic nitrogens is 4. The number of imidazole rings is 2. The lowest BCUT2D eigenvalue weighted by atomic mass is 10.2. The van der Waals surface area contributed by atoms with E-state index in [0.29, 0.717) is 26.6 Å². The molecular weight excluding hydrogens is 936 g/mol. The number of aryl methyl sites for hydroxylation is 2. The number of hydrogen-bond donors (Lipinski definition) is 2. The highest BCUT2D eigenvalue weighted by atomic mass is 35.7. The first-order valence-electron chi connectivity index (χ1n) is 16.1. The van der Waals surface area contributed by atoms with Crippen LogP contribution in [0.4, 0.5) is 17.1 Å². The van der Waals surface area contributed by atoms with E-state index < -0.39 is 34.1 Å². The number of aromatic amines is 1. The Morgan fingerprint density at radius 3 is 1.70 bits per heavy atom. The van der Waals surface area contributed by atoms with Gasteiger partial charge < -0.3 is 4.98 Å². The summed E-state index contributed by atoms with van der Waals surface area (Å²) in [5, 5.41) is 32.1. The second-order valence-electron chi connectivity index (χ2n) is 11.4. The first kappa shape index (κ1) is 48.9. The summed E-state index contributed by atoms with van der Waals surface area (Å²) in [6.45, 7) is 3.50. The molecule has 7 rings (SSSR count). The molecule has 0 aliphatic rings. The summed E-state index contributed by atoms with van der Waals surface area (Å²) in [6, 6.07) is 27.9. The van der Waals surface area contributed by atoms with Gasteiger partial charge in [0, 0.05) is 63.0 Å². The van der Waals surface area contributed by atoms with Crippen LogP contribution in [0.1, 0.15) is 17.2 Å². The lowest BCUT2D eigenvalue weighted by Gasteiger charge is -2.10. The number of nitro benzene ring substituents is 3. The fourth-order valence-corrected chi connectivity index (χ4v) is 7.34. The minimum atomic E-state index is -4.19. The second-order valence-corrected chi connectivity index (χ2v) is 16.7. The average Bonchev–Trinajstić information content (AvgIpc) is 3.73. The Morgan fingerprint density at radius 1 is 0.683 bits per heavy atom. The Morgan fingerprint density at radius 2 is 1.17 bits per heavy atom. The molecule has 0 spiro atoms. The standard InChI is InChI=1S/C14H10ClN3O4S.C8H8N2.C7H5Cl2NO2.C6H4ClNO2.ClHO3S/c1-9-16-12-4-2-3-5-13(12)17(9)23(21,22)14-8-10(18(19)20)6-7-11(14)15;1-6-9-7-4-2-3-5-8(7)10-6;8-4-5-3-6(10(11)12)1-2-7(5)9;7-5-1-3-6(4-2-5)8(9)10;1-5(2,3)4/h2-8H,1H3;2-5H,1H3,(H,9,10);1-3H,4H2;1-4H;(H,2,3,4). The number of H-pyrrole nitrogens is 1. The molecule has 316 valence electrons. The third-order valence-corrected chi connectivity index (χ3v) is 10.4. The number of nitro groups is 3. The Labute approximate surface area is 365 Å². The molecule has 0 bridgehead atoms. The molecule has 0 saturated carbocycles. The Hall–Kier alpha value is -5.45. The summed E-state index contributed by atoms with van der Waals surface area (Å²) in [5.74, 6) is 1.40. The number of halogens is 5. The number of hydrogen-bond acceptors (Lipinski definition) is 12. The quantitative estimate of drug-likeness (QED) is 0.0517. The molecular formula is C35H28Cl5N7O11S2. The molecule has 2 N–H and O–H groups in total. The van der Waals surface area contributed by atoms with Crippen molar-refractivity contribution in [2.45, 2.75) is 24.6 Å². The number of nitrogens with one attached hydrogen (secondary N) is 1. The number of para-hydroxylation sites is 4. The van der Waals surface area contributed by atoms with Crippen molar-refractivity contribution in [3.63, 3.8) is 0 Å². The summed E-state index contributed by atoms with van der Waals surface area (Å²) in [7, 11) is -4.26. The van der Waals surface area contributed by atoms with Crippen molar-refractivity contribution >= 4 is 116 Å². The van der Waals surface area contributed by atoms with Crippen LogP contribution in [0.25, 0.3) is 22.1 Å². The van der Waals surface area contributed by atoms with Gasteiger partial charge in [0.2, 0.25) is 0 Å². The fourth-order valence-electron chi connectivity index (χ4n) is 4.75. The van der Waals surface area contributed by atoms with Gasteiger partial charge in [0.05, 0.1) is 41.9 Å². The molecule has 0 aliphatic heterocycles. The van der Waals surface area contributed by atoms with E-state index in [1.54, 1.807) is 31.2 Å². The summed E-state index contributed by atoms with van der Waals surface area (Å²) in [5.41, 5.74) is 3.34. The summed E-state index contributed by atoms with van der Waals surface area (Å²) in [6.07, 6.45) is 0. The SMILES string of the molecule is Cc1nc2ccccc2[nH]1.Cc1nc2ccccc2n1S(=O)(=O)c1cc([N+](=O)[O-])ccc1Cl.O=S(=O)(O)Cl.O=[N+]([O-])c1ccc(Cl)c(CCl)c1.O=[N+]([O-])c1ccc(Cl)cc1. The molecule has 18 nitrogen and oxygen atoms in total. The van der Waals surface area contributed by atoms with E-state index in [4.69, 9.17) is 59.4 Å². The lowest BCUT2D eigenvalue weighted by Crippen LogP contribution is -2.15. The first-order valence-corrected chi connectivity index (χ1v) is 21.5. The van der Waals surface area contributed by atoms with E-state index in [1.807, 2.05) is 31.2 Å². The molecule has 0 radical (unpaired) electrons. The first-order chi connectivity index (χ1) is 28.0. The van der Waals surface area contributed by atoms with Gasteiger partial charge in [-0.2, -0.15) is 8.42 Å². The molecule has 0 aliphatic carbocycles. The van der Waals surface area contributed by atoms with Gasteiger partial charge in [0.25, 0.3) is 27.1 Å². The van der Waals surface area contributed by atoms with E-state index in [0.717, 1.165) is 33.0 Å². The van der Waals surface area contributed by atoms with Crippen molar-refractivity contribution in [1.29, 1.82) is 0 Å². The molecule has 60 heavy (non-hydrogen) atoms. The van der Waals surface area contributed by atoms with Crippen LogP contribution in [-0.4, -0.2) is 55.1 Å². The third kappa shape index (κ3) is 14.4. The van der Waals surface area contributed by atoms with Gasteiger partial charge in [-0.3, -0.25) is 34.9 Å². The maximum absolute atomic E-state index is 12.9. The van der Waals surface area contributed by atoms with E-state index >= 15 is 0 Å². The van der Waals surface area contributed by atoms with E-state index in [-0.39, 0.29) is 38.7 Å². The second kappa shape index (κ2) is 21.7. The van der Waals surface area contributed by atoms with Crippen molar-refractivity contribution in [1.82, 2.24) is 18.9 Å². The van der Waals surface area contributed by atoms with Crippen LogP contribution in [0, 0.1) is 44.2 Å². The minimum absolute atomic E-state index is 0.00931. The van der Waals surface area contributed by atoms with Crippen LogP contribution in [0.15, 0.2) is 114 Å². The molecule has 0 atom stereocenters. The minimum Gasteiger partial charge on any atom is -0.342 e. The topological polar surface area (TPSA) is 264 Å². The third-order valence-electron chi connectivity index (χ3n) is 7.25. The van der Waals surface area contributed by atoms with Gasteiger partial charge >= 0.3 is 9.33 Å². The predicted octanol–water partition coefficient (Wildman–Crippen LogP) is 10.3. The zero-order valence-corrected chi connectivity index (χ0v) is 35.9. The van der Waals surface area contributed by atoms with Gasteiger partial charge in [-0.15, -0.1) is 11.6 Å². The van der Waals surface area contributed by atoms with Crippen LogP contribution in [0.5, 0.6) is 0 Å². The van der Waals surface area contributed by atoms with E-state index in [9.17, 15) is 38.8 Å². The van der Waals surface area contributed by atoms with Crippen molar-refractivity contribution in [3.8, 4) is 0 Å². The van der Waals surface area contributed by atoms with Gasteiger partial charge in [-0.1, -0.05) is 59.1 Å². The fraction of sp³-hybridized carbons (Fsp3) is 0.0857. The van der Waals surface area contributed by atoms with Gasteiger partial charge in [-0.25, -0.2) is 22.4 Å². The molecule has 0 unspecified atom stereocenters. The summed E-state index contributed by atoms with van der Waals surface area (Å²) in [4.78, 5) is 40.9. The zero-order valence-electron chi connectivity index (χ0n) is 30.5. The molecule has 2 heterocycles. The summed E-state index contributed by atoms with van der Waals surface area (Å²) >= 11 is 22.7. The van der Waals surface area contributed by atoms with Crippen LogP contribution in [0.2, 0.25) is 15.1 Å². The van der Waals surface area contributed by atoms with E-state index in [1.165, 1.54) is 48.5 Å². The number of alkyl halides is 1. The number of nitrogens with zero attached hydrogens (tertiary/aromatic N) is 6. The Bertz CT molecular complexity index is 2840. The maximum Gasteiger partial charge on any atom is 0.353 e. The molecule has 0 fully saturated rings. The number of benzene rings is 5. The molecule has 5 aromatic carbocycles.